The predicted octanol–water partition coefficient (Wildman–Crippen LogP) is 2.76. The molecule has 0 atom stereocenters. The Hall–Kier alpha value is -1.69. The van der Waals surface area contributed by atoms with Gasteiger partial charge >= 0.3 is 0 Å². The Labute approximate surface area is 128 Å². The summed E-state index contributed by atoms with van der Waals surface area (Å²) < 4.78 is 7.96. The zero-order valence-electron chi connectivity index (χ0n) is 12.0. The minimum atomic E-state index is 0.650. The van der Waals surface area contributed by atoms with E-state index >= 15 is 0 Å². The summed E-state index contributed by atoms with van der Waals surface area (Å²) in [5.41, 5.74) is 6.40. The molecule has 0 unspecified atom stereocenters. The van der Waals surface area contributed by atoms with Crippen molar-refractivity contribution in [1.29, 1.82) is 0 Å². The summed E-state index contributed by atoms with van der Waals surface area (Å²) >= 11 is 1.71. The lowest BCUT2D eigenvalue weighted by molar-refractivity contribution is 0.344. The third kappa shape index (κ3) is 3.69. The number of nitrogen functional groups attached to an aromatic ring is 1. The maximum atomic E-state index is 5.69. The summed E-state index contributed by atoms with van der Waals surface area (Å²) in [6.07, 6.45) is 4.78. The monoisotopic (exact) mass is 304 g/mol. The number of ether oxygens (including phenoxy) is 1. The number of aromatic nitrogens is 3. The summed E-state index contributed by atoms with van der Waals surface area (Å²) in [5, 5.41) is 9.62. The van der Waals surface area contributed by atoms with Gasteiger partial charge in [-0.2, -0.15) is 0 Å². The molecular weight excluding hydrogens is 284 g/mol. The van der Waals surface area contributed by atoms with E-state index in [2.05, 4.69) is 14.8 Å². The molecule has 112 valence electrons. The number of hydrogen-bond donors (Lipinski definition) is 1. The first-order chi connectivity index (χ1) is 10.3. The number of aryl methyl sites for hydroxylation is 1. The van der Waals surface area contributed by atoms with E-state index in [-0.39, 0.29) is 0 Å². The largest absolute Gasteiger partial charge is 0.493 e. The van der Waals surface area contributed by atoms with E-state index < -0.39 is 0 Å². The predicted molar refractivity (Wildman–Crippen MR) is 84.7 cm³/mol. The van der Waals surface area contributed by atoms with Crippen LogP contribution in [0.5, 0.6) is 5.75 Å². The lowest BCUT2D eigenvalue weighted by atomic mass is 10.2. The van der Waals surface area contributed by atoms with Crippen molar-refractivity contribution < 1.29 is 4.74 Å². The number of fused-ring (bicyclic) bond motifs is 1. The fourth-order valence-corrected chi connectivity index (χ4v) is 3.22. The number of thioether (sulfide) groups is 1. The molecule has 2 aromatic rings. The summed E-state index contributed by atoms with van der Waals surface area (Å²) in [4.78, 5) is 0. The summed E-state index contributed by atoms with van der Waals surface area (Å²) in [6, 6.07) is 7.48. The fraction of sp³-hybridized carbons (Fsp3) is 0.467. The van der Waals surface area contributed by atoms with E-state index in [4.69, 9.17) is 10.5 Å². The van der Waals surface area contributed by atoms with Gasteiger partial charge in [0.15, 0.2) is 5.16 Å². The number of benzene rings is 1. The van der Waals surface area contributed by atoms with E-state index in [9.17, 15) is 0 Å². The molecule has 0 aliphatic carbocycles. The average Bonchev–Trinajstić information content (AvgIpc) is 2.73. The molecule has 1 aliphatic rings. The molecule has 21 heavy (non-hydrogen) atoms. The van der Waals surface area contributed by atoms with Crippen molar-refractivity contribution in [3.63, 3.8) is 0 Å². The molecule has 3 rings (SSSR count). The second-order valence-corrected chi connectivity index (χ2v) is 6.19. The molecule has 2 heterocycles. The molecule has 5 nitrogen and oxygen atoms in total. The normalized spacial score (nSPS) is 14.5. The third-order valence-corrected chi connectivity index (χ3v) is 4.47. The minimum Gasteiger partial charge on any atom is -0.493 e. The minimum absolute atomic E-state index is 0.650. The highest BCUT2D eigenvalue weighted by Crippen LogP contribution is 2.22. The third-order valence-electron chi connectivity index (χ3n) is 3.54. The second-order valence-electron chi connectivity index (χ2n) is 5.13. The SMILES string of the molecule is Nc1ccc(OCCSc2nnc3n2CCCCC3)cc1. The van der Waals surface area contributed by atoms with Crippen LogP contribution in [0, 0.1) is 0 Å². The summed E-state index contributed by atoms with van der Waals surface area (Å²) in [5.74, 6) is 2.85. The Bertz CT molecular complexity index is 582. The highest BCUT2D eigenvalue weighted by Gasteiger charge is 2.14. The molecule has 1 aliphatic heterocycles. The van der Waals surface area contributed by atoms with Crippen molar-refractivity contribution in [3.8, 4) is 5.75 Å². The van der Waals surface area contributed by atoms with E-state index in [1.54, 1.807) is 11.8 Å². The quantitative estimate of drug-likeness (QED) is 0.523. The molecule has 1 aromatic carbocycles. The van der Waals surface area contributed by atoms with Crippen molar-refractivity contribution in [2.45, 2.75) is 37.4 Å². The van der Waals surface area contributed by atoms with Crippen molar-refractivity contribution >= 4 is 17.4 Å². The molecule has 0 spiro atoms. The van der Waals surface area contributed by atoms with Crippen LogP contribution in [-0.2, 0) is 13.0 Å². The van der Waals surface area contributed by atoms with E-state index in [0.29, 0.717) is 6.61 Å². The maximum absolute atomic E-state index is 5.69. The molecule has 6 heteroatoms. The smallest absolute Gasteiger partial charge is 0.191 e. The Kier molecular flexibility index (Phi) is 4.65. The van der Waals surface area contributed by atoms with Crippen LogP contribution in [0.1, 0.15) is 25.1 Å². The number of anilines is 1. The van der Waals surface area contributed by atoms with Crippen LogP contribution in [-0.4, -0.2) is 27.1 Å². The van der Waals surface area contributed by atoms with Crippen LogP contribution in [0.15, 0.2) is 29.4 Å². The Morgan fingerprint density at radius 1 is 1.14 bits per heavy atom. The van der Waals surface area contributed by atoms with E-state index in [0.717, 1.165) is 41.1 Å². The van der Waals surface area contributed by atoms with Crippen molar-refractivity contribution in [2.24, 2.45) is 0 Å². The van der Waals surface area contributed by atoms with Crippen LogP contribution >= 0.6 is 11.8 Å². The number of nitrogens with two attached hydrogens (primary N) is 1. The van der Waals surface area contributed by atoms with Crippen LogP contribution in [0.3, 0.4) is 0 Å². The lowest BCUT2D eigenvalue weighted by Crippen LogP contribution is -2.05. The first-order valence-corrected chi connectivity index (χ1v) is 8.35. The lowest BCUT2D eigenvalue weighted by Gasteiger charge is -2.08. The van der Waals surface area contributed by atoms with E-state index in [1.165, 1.54) is 19.3 Å². The van der Waals surface area contributed by atoms with Crippen LogP contribution in [0.25, 0.3) is 0 Å². The highest BCUT2D eigenvalue weighted by molar-refractivity contribution is 7.99. The summed E-state index contributed by atoms with van der Waals surface area (Å²) in [6.45, 7) is 1.69. The first kappa shape index (κ1) is 14.3. The van der Waals surface area contributed by atoms with Gasteiger partial charge in [-0.3, -0.25) is 0 Å². The van der Waals surface area contributed by atoms with E-state index in [1.807, 2.05) is 24.3 Å². The Balaban J connectivity index is 1.49. The Morgan fingerprint density at radius 2 is 2.00 bits per heavy atom. The van der Waals surface area contributed by atoms with Gasteiger partial charge in [-0.25, -0.2) is 0 Å². The van der Waals surface area contributed by atoms with Gasteiger partial charge < -0.3 is 15.0 Å². The molecule has 0 amide bonds. The Morgan fingerprint density at radius 3 is 2.86 bits per heavy atom. The zero-order chi connectivity index (χ0) is 14.5. The summed E-state index contributed by atoms with van der Waals surface area (Å²) in [7, 11) is 0. The molecule has 0 bridgehead atoms. The van der Waals surface area contributed by atoms with Crippen molar-refractivity contribution in [1.82, 2.24) is 14.8 Å². The van der Waals surface area contributed by atoms with Gasteiger partial charge in [0.1, 0.15) is 11.6 Å². The van der Waals surface area contributed by atoms with Gasteiger partial charge in [-0.15, -0.1) is 10.2 Å². The number of rotatable bonds is 5. The highest BCUT2D eigenvalue weighted by atomic mass is 32.2. The van der Waals surface area contributed by atoms with Gasteiger partial charge in [-0.1, -0.05) is 18.2 Å². The molecule has 0 saturated heterocycles. The molecule has 0 saturated carbocycles. The molecule has 0 radical (unpaired) electrons. The van der Waals surface area contributed by atoms with Gasteiger partial charge in [0.2, 0.25) is 0 Å². The van der Waals surface area contributed by atoms with Crippen LogP contribution < -0.4 is 10.5 Å². The average molecular weight is 304 g/mol. The fourth-order valence-electron chi connectivity index (χ4n) is 2.42. The van der Waals surface area contributed by atoms with Gasteiger partial charge in [0.25, 0.3) is 0 Å². The van der Waals surface area contributed by atoms with Gasteiger partial charge in [0, 0.05) is 24.4 Å². The van der Waals surface area contributed by atoms with Gasteiger partial charge in [-0.05, 0) is 37.1 Å². The first-order valence-electron chi connectivity index (χ1n) is 7.36. The molecular formula is C15H20N4OS. The number of hydrogen-bond acceptors (Lipinski definition) is 5. The zero-order valence-corrected chi connectivity index (χ0v) is 12.8. The van der Waals surface area contributed by atoms with Crippen LogP contribution in [0.2, 0.25) is 0 Å². The van der Waals surface area contributed by atoms with Crippen molar-refractivity contribution in [2.75, 3.05) is 18.1 Å². The molecule has 1 aromatic heterocycles. The standard InChI is InChI=1S/C15H20N4OS/c16-12-5-7-13(8-6-12)20-10-11-21-15-18-17-14-4-2-1-3-9-19(14)15/h5-8H,1-4,9-11,16H2. The molecule has 2 N–H and O–H groups in total. The molecule has 0 fully saturated rings. The van der Waals surface area contributed by atoms with Crippen LogP contribution in [0.4, 0.5) is 5.69 Å². The number of nitrogens with zero attached hydrogens (tertiary/aromatic N) is 3. The maximum Gasteiger partial charge on any atom is 0.191 e. The second kappa shape index (κ2) is 6.85. The van der Waals surface area contributed by atoms with Gasteiger partial charge in [0.05, 0.1) is 6.61 Å². The van der Waals surface area contributed by atoms with Crippen molar-refractivity contribution in [3.05, 3.63) is 30.1 Å². The topological polar surface area (TPSA) is 66.0 Å².